The second-order valence-corrected chi connectivity index (χ2v) is 5.07. The van der Waals surface area contributed by atoms with Crippen LogP contribution in [0.2, 0.25) is 0 Å². The first kappa shape index (κ1) is 21.0. The summed E-state index contributed by atoms with van der Waals surface area (Å²) >= 11 is 0. The van der Waals surface area contributed by atoms with Crippen molar-refractivity contribution in [1.82, 2.24) is 15.6 Å². The summed E-state index contributed by atoms with van der Waals surface area (Å²) in [6.07, 6.45) is 2.70. The molecule has 0 aliphatic heterocycles. The molecule has 0 aliphatic carbocycles. The number of aliphatic imine (C=N–C) groups is 1. The summed E-state index contributed by atoms with van der Waals surface area (Å²) in [7, 11) is 3.54. The fourth-order valence-corrected chi connectivity index (χ4v) is 2.04. The van der Waals surface area contributed by atoms with Gasteiger partial charge in [-0.3, -0.25) is 4.99 Å². The molecule has 0 unspecified atom stereocenters. The monoisotopic (exact) mass is 456 g/mol. The van der Waals surface area contributed by atoms with Gasteiger partial charge in [0.2, 0.25) is 5.88 Å². The maximum Gasteiger partial charge on any atom is 0.224 e. The lowest BCUT2D eigenvalue weighted by Crippen LogP contribution is -2.34. The molecule has 0 spiro atoms. The average molecular weight is 456 g/mol. The van der Waals surface area contributed by atoms with Gasteiger partial charge in [0.15, 0.2) is 5.96 Å². The fourth-order valence-electron chi connectivity index (χ4n) is 2.04. The number of pyridine rings is 1. The van der Waals surface area contributed by atoms with E-state index in [1.807, 2.05) is 43.4 Å². The molecule has 25 heavy (non-hydrogen) atoms. The van der Waals surface area contributed by atoms with Crippen molar-refractivity contribution in [3.05, 3.63) is 48.2 Å². The Balaban J connectivity index is 0.00000312. The Morgan fingerprint density at radius 3 is 2.52 bits per heavy atom. The number of hydrogen-bond donors (Lipinski definition) is 2. The number of aromatic nitrogens is 1. The highest BCUT2D eigenvalue weighted by atomic mass is 127. The number of nitrogens with one attached hydrogen (secondary N) is 2. The normalized spacial score (nSPS) is 10.6. The molecule has 7 heteroatoms. The van der Waals surface area contributed by atoms with Gasteiger partial charge < -0.3 is 20.1 Å². The molecule has 1 aromatic heterocycles. The zero-order valence-corrected chi connectivity index (χ0v) is 17.1. The van der Waals surface area contributed by atoms with E-state index < -0.39 is 0 Å². The molecule has 0 atom stereocenters. The van der Waals surface area contributed by atoms with E-state index in [4.69, 9.17) is 9.47 Å². The molecule has 136 valence electrons. The lowest BCUT2D eigenvalue weighted by Gasteiger charge is -2.12. The number of halogens is 1. The van der Waals surface area contributed by atoms with Crippen molar-refractivity contribution in [3.8, 4) is 17.4 Å². The second-order valence-electron chi connectivity index (χ2n) is 5.07. The quantitative estimate of drug-likeness (QED) is 0.379. The van der Waals surface area contributed by atoms with Crippen LogP contribution in [0.4, 0.5) is 0 Å². The standard InChI is InChI=1S/C18H24N4O2.HI/c1-4-12-23-15-7-9-16(10-8-15)24-17-14(6-5-11-21-17)13-22-18(19-2)20-3;/h5-11H,4,12-13H2,1-3H3,(H2,19,20,22);1H. The van der Waals surface area contributed by atoms with Crippen LogP contribution in [0.5, 0.6) is 17.4 Å². The minimum atomic E-state index is 0. The average Bonchev–Trinajstić information content (AvgIpc) is 2.63. The van der Waals surface area contributed by atoms with Gasteiger partial charge in [0.05, 0.1) is 6.61 Å². The number of benzene rings is 1. The van der Waals surface area contributed by atoms with E-state index >= 15 is 0 Å². The van der Waals surface area contributed by atoms with E-state index in [1.54, 1.807) is 13.2 Å². The molecule has 0 saturated carbocycles. The highest BCUT2D eigenvalue weighted by molar-refractivity contribution is 14.0. The van der Waals surface area contributed by atoms with Crippen LogP contribution in [0.3, 0.4) is 0 Å². The Morgan fingerprint density at radius 1 is 1.16 bits per heavy atom. The number of hydrogen-bond acceptors (Lipinski definition) is 4. The molecule has 0 amide bonds. The third-order valence-electron chi connectivity index (χ3n) is 3.27. The first-order chi connectivity index (χ1) is 11.8. The third-order valence-corrected chi connectivity index (χ3v) is 3.27. The first-order valence-corrected chi connectivity index (χ1v) is 7.99. The molecule has 0 bridgehead atoms. The largest absolute Gasteiger partial charge is 0.494 e. The number of ether oxygens (including phenoxy) is 2. The van der Waals surface area contributed by atoms with Gasteiger partial charge in [0.1, 0.15) is 11.5 Å². The van der Waals surface area contributed by atoms with Crippen LogP contribution in [0.25, 0.3) is 0 Å². The van der Waals surface area contributed by atoms with Crippen molar-refractivity contribution in [3.63, 3.8) is 0 Å². The van der Waals surface area contributed by atoms with Gasteiger partial charge in [-0.25, -0.2) is 4.98 Å². The first-order valence-electron chi connectivity index (χ1n) is 7.99. The Labute approximate surface area is 166 Å². The van der Waals surface area contributed by atoms with Gasteiger partial charge in [-0.15, -0.1) is 24.0 Å². The van der Waals surface area contributed by atoms with Gasteiger partial charge in [0.25, 0.3) is 0 Å². The van der Waals surface area contributed by atoms with E-state index in [9.17, 15) is 0 Å². The van der Waals surface area contributed by atoms with Gasteiger partial charge in [-0.2, -0.15) is 0 Å². The van der Waals surface area contributed by atoms with E-state index in [0.29, 0.717) is 25.0 Å². The topological polar surface area (TPSA) is 67.8 Å². The summed E-state index contributed by atoms with van der Waals surface area (Å²) in [4.78, 5) is 8.41. The van der Waals surface area contributed by atoms with Crippen LogP contribution >= 0.6 is 24.0 Å². The molecule has 6 nitrogen and oxygen atoms in total. The SMILES string of the molecule is CCCOc1ccc(Oc2ncccc2CNC(=NC)NC)cc1.I. The summed E-state index contributed by atoms with van der Waals surface area (Å²) < 4.78 is 11.5. The number of rotatable bonds is 7. The maximum absolute atomic E-state index is 5.90. The summed E-state index contributed by atoms with van der Waals surface area (Å²) in [6, 6.07) is 11.4. The van der Waals surface area contributed by atoms with Crippen LogP contribution in [-0.2, 0) is 6.54 Å². The molecular weight excluding hydrogens is 431 g/mol. The van der Waals surface area contributed by atoms with Crippen LogP contribution < -0.4 is 20.1 Å². The van der Waals surface area contributed by atoms with Crippen LogP contribution in [0.1, 0.15) is 18.9 Å². The van der Waals surface area contributed by atoms with E-state index in [0.717, 1.165) is 23.5 Å². The molecule has 0 saturated heterocycles. The van der Waals surface area contributed by atoms with Gasteiger partial charge >= 0.3 is 0 Å². The number of guanidine groups is 1. The van der Waals surface area contributed by atoms with Crippen molar-refractivity contribution in [1.29, 1.82) is 0 Å². The lowest BCUT2D eigenvalue weighted by molar-refractivity contribution is 0.317. The van der Waals surface area contributed by atoms with Crippen LogP contribution in [0.15, 0.2) is 47.6 Å². The molecule has 1 aromatic carbocycles. The van der Waals surface area contributed by atoms with Crippen molar-refractivity contribution >= 4 is 29.9 Å². The van der Waals surface area contributed by atoms with Crippen molar-refractivity contribution in [2.75, 3.05) is 20.7 Å². The summed E-state index contributed by atoms with van der Waals surface area (Å²) in [5.74, 6) is 2.84. The zero-order chi connectivity index (χ0) is 17.2. The van der Waals surface area contributed by atoms with Crippen molar-refractivity contribution in [2.24, 2.45) is 4.99 Å². The molecule has 2 N–H and O–H groups in total. The maximum atomic E-state index is 5.90. The summed E-state index contributed by atoms with van der Waals surface area (Å²) in [5, 5.41) is 6.17. The second kappa shape index (κ2) is 11.5. The van der Waals surface area contributed by atoms with Crippen LogP contribution in [0, 0.1) is 0 Å². The molecule has 0 fully saturated rings. The summed E-state index contributed by atoms with van der Waals surface area (Å²) in [5.41, 5.74) is 0.945. The highest BCUT2D eigenvalue weighted by Crippen LogP contribution is 2.25. The molecule has 1 heterocycles. The lowest BCUT2D eigenvalue weighted by atomic mass is 10.2. The van der Waals surface area contributed by atoms with Gasteiger partial charge in [0, 0.05) is 32.4 Å². The Hall–Kier alpha value is -2.03. The zero-order valence-electron chi connectivity index (χ0n) is 14.8. The number of nitrogens with zero attached hydrogens (tertiary/aromatic N) is 2. The molecular formula is C18H25IN4O2. The predicted octanol–water partition coefficient (Wildman–Crippen LogP) is 3.58. The Kier molecular flexibility index (Phi) is 9.68. The van der Waals surface area contributed by atoms with Crippen molar-refractivity contribution in [2.45, 2.75) is 19.9 Å². The molecule has 0 aliphatic rings. The Bertz CT molecular complexity index is 662. The van der Waals surface area contributed by atoms with E-state index in [1.165, 1.54) is 0 Å². The summed E-state index contributed by atoms with van der Waals surface area (Å²) in [6.45, 7) is 3.36. The van der Waals surface area contributed by atoms with Crippen LogP contribution in [-0.4, -0.2) is 31.6 Å². The Morgan fingerprint density at radius 2 is 1.88 bits per heavy atom. The minimum Gasteiger partial charge on any atom is -0.494 e. The van der Waals surface area contributed by atoms with Gasteiger partial charge in [-0.1, -0.05) is 13.0 Å². The fraction of sp³-hybridized carbons (Fsp3) is 0.333. The van der Waals surface area contributed by atoms with Crippen molar-refractivity contribution < 1.29 is 9.47 Å². The van der Waals surface area contributed by atoms with Gasteiger partial charge in [-0.05, 0) is 36.8 Å². The van der Waals surface area contributed by atoms with E-state index in [-0.39, 0.29) is 24.0 Å². The molecule has 2 rings (SSSR count). The highest BCUT2D eigenvalue weighted by Gasteiger charge is 2.07. The molecule has 0 radical (unpaired) electrons. The van der Waals surface area contributed by atoms with E-state index in [2.05, 4.69) is 27.5 Å². The minimum absolute atomic E-state index is 0. The third kappa shape index (κ3) is 6.77. The molecule has 2 aromatic rings. The predicted molar refractivity (Wildman–Crippen MR) is 111 cm³/mol. The smallest absolute Gasteiger partial charge is 0.224 e.